The zero-order valence-corrected chi connectivity index (χ0v) is 19.2. The lowest BCUT2D eigenvalue weighted by atomic mass is 9.85. The van der Waals surface area contributed by atoms with Gasteiger partial charge in [0.2, 0.25) is 10.0 Å². The van der Waals surface area contributed by atoms with Gasteiger partial charge in [0.1, 0.15) is 6.23 Å². The van der Waals surface area contributed by atoms with Crippen molar-refractivity contribution in [3.63, 3.8) is 0 Å². The third-order valence-electron chi connectivity index (χ3n) is 5.86. The zero-order chi connectivity index (χ0) is 22.8. The minimum Gasteiger partial charge on any atom is -0.392 e. The van der Waals surface area contributed by atoms with E-state index in [1.54, 1.807) is 68.4 Å². The van der Waals surface area contributed by atoms with E-state index in [-0.39, 0.29) is 23.2 Å². The number of carbonyl (C=O) groups is 1. The molecule has 31 heavy (non-hydrogen) atoms. The summed E-state index contributed by atoms with van der Waals surface area (Å²) in [5, 5.41) is 11.0. The highest BCUT2D eigenvalue weighted by Crippen LogP contribution is 2.36. The fraction of sp³-hybridized carbons (Fsp3) is 0.458. The van der Waals surface area contributed by atoms with E-state index >= 15 is 0 Å². The van der Waals surface area contributed by atoms with E-state index in [1.165, 1.54) is 4.31 Å². The molecule has 1 aliphatic heterocycles. The van der Waals surface area contributed by atoms with Crippen LogP contribution in [0.25, 0.3) is 0 Å². The predicted molar refractivity (Wildman–Crippen MR) is 119 cm³/mol. The Balaban J connectivity index is 2.08. The molecular weight excluding hydrogens is 414 g/mol. The van der Waals surface area contributed by atoms with Crippen LogP contribution in [0.2, 0.25) is 0 Å². The largest absolute Gasteiger partial charge is 0.392 e. The summed E-state index contributed by atoms with van der Waals surface area (Å²) in [5.41, 5.74) is 1.37. The molecular formula is C24H31NO5S. The molecule has 3 rings (SSSR count). The van der Waals surface area contributed by atoms with Gasteiger partial charge >= 0.3 is 0 Å². The van der Waals surface area contributed by atoms with E-state index in [4.69, 9.17) is 4.74 Å². The third-order valence-corrected chi connectivity index (χ3v) is 7.79. The lowest BCUT2D eigenvalue weighted by molar-refractivity contribution is -0.0400. The number of Topliss-reactive ketones (excluding diaryl/α,β-unsaturated/α-hetero) is 1. The number of aliphatic hydroxyl groups excluding tert-OH is 1. The van der Waals surface area contributed by atoms with E-state index in [0.29, 0.717) is 12.0 Å². The van der Waals surface area contributed by atoms with E-state index in [0.717, 1.165) is 5.56 Å². The number of rotatable bonds is 8. The molecule has 0 amide bonds. The molecule has 1 fully saturated rings. The van der Waals surface area contributed by atoms with Crippen molar-refractivity contribution >= 4 is 15.8 Å². The number of carbonyl (C=O) groups excluding carboxylic acids is 1. The van der Waals surface area contributed by atoms with E-state index < -0.39 is 34.3 Å². The monoisotopic (exact) mass is 445 g/mol. The molecule has 0 radical (unpaired) electrons. The smallest absolute Gasteiger partial charge is 0.245 e. The zero-order valence-electron chi connectivity index (χ0n) is 18.4. The standard InChI is InChI=1S/C24H31NO5S/c1-5-19-15-30-24(25(19)31(28,29)20-13-11-17(4)12-14-20)21(22(26)16(2)3)23(27)18-9-7-6-8-10-18/h6-14,16,19,21-22,24,26H,5,15H2,1-4H3/t19-,21+,22-,24-/m1/s1. The molecule has 1 aliphatic rings. The topological polar surface area (TPSA) is 83.9 Å². The summed E-state index contributed by atoms with van der Waals surface area (Å²) >= 11 is 0. The Morgan fingerprint density at radius 2 is 1.74 bits per heavy atom. The average Bonchev–Trinajstić information content (AvgIpc) is 3.19. The number of hydrogen-bond donors (Lipinski definition) is 1. The van der Waals surface area contributed by atoms with Gasteiger partial charge in [-0.15, -0.1) is 0 Å². The normalized spacial score (nSPS) is 21.9. The molecule has 0 aromatic heterocycles. The first-order valence-electron chi connectivity index (χ1n) is 10.7. The Morgan fingerprint density at radius 3 is 2.29 bits per heavy atom. The lowest BCUT2D eigenvalue weighted by Gasteiger charge is -2.35. The second-order valence-corrected chi connectivity index (χ2v) is 10.3. The Hall–Kier alpha value is -2.06. The molecule has 0 aliphatic carbocycles. The summed E-state index contributed by atoms with van der Waals surface area (Å²) in [5.74, 6) is -1.63. The number of sulfonamides is 1. The summed E-state index contributed by atoms with van der Waals surface area (Å²) < 4.78 is 34.5. The highest BCUT2D eigenvalue weighted by molar-refractivity contribution is 7.89. The first-order valence-corrected chi connectivity index (χ1v) is 12.1. The number of ketones is 1. The summed E-state index contributed by atoms with van der Waals surface area (Å²) in [6.45, 7) is 7.57. The third kappa shape index (κ3) is 4.75. The fourth-order valence-electron chi connectivity index (χ4n) is 3.95. The van der Waals surface area contributed by atoms with Crippen LogP contribution in [0.3, 0.4) is 0 Å². The van der Waals surface area contributed by atoms with Gasteiger partial charge in [-0.1, -0.05) is 68.8 Å². The van der Waals surface area contributed by atoms with Gasteiger partial charge in [-0.2, -0.15) is 4.31 Å². The molecule has 0 spiro atoms. The quantitative estimate of drug-likeness (QED) is 0.627. The van der Waals surface area contributed by atoms with E-state index in [1.807, 2.05) is 13.8 Å². The van der Waals surface area contributed by atoms with Crippen molar-refractivity contribution in [2.75, 3.05) is 6.61 Å². The van der Waals surface area contributed by atoms with Crippen LogP contribution in [0, 0.1) is 18.8 Å². The molecule has 0 saturated carbocycles. The highest BCUT2D eigenvalue weighted by atomic mass is 32.2. The van der Waals surface area contributed by atoms with Crippen LogP contribution in [0.4, 0.5) is 0 Å². The van der Waals surface area contributed by atoms with Crippen molar-refractivity contribution < 1.29 is 23.1 Å². The van der Waals surface area contributed by atoms with Gasteiger partial charge in [0, 0.05) is 5.56 Å². The average molecular weight is 446 g/mol. The summed E-state index contributed by atoms with van der Waals surface area (Å²) in [6.07, 6.45) is -1.61. The van der Waals surface area contributed by atoms with Crippen molar-refractivity contribution in [1.29, 1.82) is 0 Å². The van der Waals surface area contributed by atoms with Crippen molar-refractivity contribution in [3.8, 4) is 0 Å². The predicted octanol–water partition coefficient (Wildman–Crippen LogP) is 3.64. The van der Waals surface area contributed by atoms with Gasteiger partial charge in [-0.05, 0) is 31.4 Å². The molecule has 1 heterocycles. The van der Waals surface area contributed by atoms with Crippen molar-refractivity contribution in [2.24, 2.45) is 11.8 Å². The highest BCUT2D eigenvalue weighted by Gasteiger charge is 2.50. The van der Waals surface area contributed by atoms with Crippen LogP contribution in [0.5, 0.6) is 0 Å². The Labute approximate surface area is 184 Å². The number of aryl methyl sites for hydroxylation is 1. The van der Waals surface area contributed by atoms with E-state index in [9.17, 15) is 18.3 Å². The molecule has 1 saturated heterocycles. The first kappa shape index (κ1) is 23.6. The lowest BCUT2D eigenvalue weighted by Crippen LogP contribution is -2.51. The maximum Gasteiger partial charge on any atom is 0.245 e. The Morgan fingerprint density at radius 1 is 1.13 bits per heavy atom. The molecule has 2 aromatic carbocycles. The number of hydrogen-bond acceptors (Lipinski definition) is 5. The van der Waals surface area contributed by atoms with Gasteiger partial charge in [0.05, 0.1) is 29.6 Å². The molecule has 1 N–H and O–H groups in total. The Kier molecular flexibility index (Phi) is 7.31. The number of nitrogens with zero attached hydrogens (tertiary/aromatic N) is 1. The molecule has 2 aromatic rings. The second-order valence-electron chi connectivity index (χ2n) is 8.42. The summed E-state index contributed by atoms with van der Waals surface area (Å²) in [6, 6.07) is 14.9. The fourth-order valence-corrected chi connectivity index (χ4v) is 5.74. The maximum absolute atomic E-state index is 13.6. The SMILES string of the molecule is CC[C@@H]1CO[C@H]([C@H](C(=O)c2ccccc2)[C@H](O)C(C)C)N1S(=O)(=O)c1ccc(C)cc1. The van der Waals surface area contributed by atoms with Gasteiger partial charge < -0.3 is 9.84 Å². The van der Waals surface area contributed by atoms with Gasteiger partial charge in [-0.3, -0.25) is 4.79 Å². The minimum atomic E-state index is -3.94. The van der Waals surface area contributed by atoms with Crippen molar-refractivity contribution in [3.05, 3.63) is 65.7 Å². The first-order chi connectivity index (χ1) is 14.7. The molecule has 7 heteroatoms. The summed E-state index contributed by atoms with van der Waals surface area (Å²) in [7, 11) is -3.94. The van der Waals surface area contributed by atoms with Gasteiger partial charge in [0.15, 0.2) is 5.78 Å². The van der Waals surface area contributed by atoms with Crippen LogP contribution >= 0.6 is 0 Å². The van der Waals surface area contributed by atoms with Crippen LogP contribution in [0.1, 0.15) is 43.1 Å². The Bertz CT molecular complexity index is 988. The van der Waals surface area contributed by atoms with Crippen LogP contribution in [0.15, 0.2) is 59.5 Å². The molecule has 4 atom stereocenters. The van der Waals surface area contributed by atoms with Gasteiger partial charge in [0.25, 0.3) is 0 Å². The van der Waals surface area contributed by atoms with Crippen molar-refractivity contribution in [1.82, 2.24) is 4.31 Å². The number of ether oxygens (including phenoxy) is 1. The van der Waals surface area contributed by atoms with Crippen LogP contribution in [-0.2, 0) is 14.8 Å². The maximum atomic E-state index is 13.6. The van der Waals surface area contributed by atoms with Crippen molar-refractivity contribution in [2.45, 2.75) is 57.4 Å². The molecule has 6 nitrogen and oxygen atoms in total. The molecule has 168 valence electrons. The number of aliphatic hydroxyl groups is 1. The van der Waals surface area contributed by atoms with Crippen LogP contribution in [-0.4, -0.2) is 48.6 Å². The molecule has 0 unspecified atom stereocenters. The molecule has 0 bridgehead atoms. The second kappa shape index (κ2) is 9.61. The minimum absolute atomic E-state index is 0.150. The number of benzene rings is 2. The van der Waals surface area contributed by atoms with Gasteiger partial charge in [-0.25, -0.2) is 8.42 Å². The van der Waals surface area contributed by atoms with E-state index in [2.05, 4.69) is 0 Å². The summed E-state index contributed by atoms with van der Waals surface area (Å²) in [4.78, 5) is 13.6. The van der Waals surface area contributed by atoms with Crippen LogP contribution < -0.4 is 0 Å².